The molecule has 2 nitrogen and oxygen atoms in total. The average Bonchev–Trinajstić information content (AvgIpc) is 2.63. The van der Waals surface area contributed by atoms with Crippen molar-refractivity contribution in [1.29, 1.82) is 0 Å². The minimum absolute atomic E-state index is 0.750. The van der Waals surface area contributed by atoms with Crippen LogP contribution in [0.25, 0.3) is 11.3 Å². The highest BCUT2D eigenvalue weighted by molar-refractivity contribution is 7.71. The maximum atomic E-state index is 5.87. The second-order valence-electron chi connectivity index (χ2n) is 3.64. The van der Waals surface area contributed by atoms with Gasteiger partial charge in [-0.15, -0.1) is 0 Å². The van der Waals surface area contributed by atoms with Gasteiger partial charge in [0.05, 0.1) is 5.69 Å². The molecule has 0 saturated heterocycles. The number of benzene rings is 1. The van der Waals surface area contributed by atoms with Gasteiger partial charge in [0, 0.05) is 17.8 Å². The SMILES string of the molecule is CCCn1c(-c2ccc(Cl)cc2)c[nH]c1=S. The van der Waals surface area contributed by atoms with Crippen molar-refractivity contribution in [1.82, 2.24) is 9.55 Å². The standard InChI is InChI=1S/C12H13ClN2S/c1-2-7-15-11(8-14-12(15)16)9-3-5-10(13)6-4-9/h3-6,8H,2,7H2,1H3,(H,14,16). The normalized spacial score (nSPS) is 10.6. The summed E-state index contributed by atoms with van der Waals surface area (Å²) in [5, 5.41) is 0.750. The van der Waals surface area contributed by atoms with Crippen molar-refractivity contribution in [2.45, 2.75) is 19.9 Å². The van der Waals surface area contributed by atoms with Crippen LogP contribution in [0, 0.1) is 4.77 Å². The van der Waals surface area contributed by atoms with Crippen molar-refractivity contribution in [3.8, 4) is 11.3 Å². The molecule has 0 unspecified atom stereocenters. The first-order valence-corrected chi connectivity index (χ1v) is 6.05. The molecule has 0 radical (unpaired) electrons. The number of aromatic amines is 1. The van der Waals surface area contributed by atoms with Gasteiger partial charge in [-0.2, -0.15) is 0 Å². The predicted octanol–water partition coefficient (Wildman–Crippen LogP) is 4.28. The van der Waals surface area contributed by atoms with Gasteiger partial charge in [-0.25, -0.2) is 0 Å². The summed E-state index contributed by atoms with van der Waals surface area (Å²) in [7, 11) is 0. The number of H-pyrrole nitrogens is 1. The number of hydrogen-bond donors (Lipinski definition) is 1. The van der Waals surface area contributed by atoms with Crippen molar-refractivity contribution in [3.05, 3.63) is 40.3 Å². The van der Waals surface area contributed by atoms with Gasteiger partial charge in [0.2, 0.25) is 0 Å². The lowest BCUT2D eigenvalue weighted by molar-refractivity contribution is 0.676. The monoisotopic (exact) mass is 252 g/mol. The first kappa shape index (κ1) is 11.4. The summed E-state index contributed by atoms with van der Waals surface area (Å²) in [6.45, 7) is 3.07. The zero-order valence-corrected chi connectivity index (χ0v) is 10.6. The van der Waals surface area contributed by atoms with Crippen LogP contribution in [0.2, 0.25) is 5.02 Å². The fourth-order valence-electron chi connectivity index (χ4n) is 1.70. The van der Waals surface area contributed by atoms with E-state index in [1.165, 1.54) is 0 Å². The maximum absolute atomic E-state index is 5.87. The largest absolute Gasteiger partial charge is 0.337 e. The molecule has 0 amide bonds. The molecule has 0 aliphatic rings. The number of rotatable bonds is 3. The third-order valence-electron chi connectivity index (χ3n) is 2.46. The summed E-state index contributed by atoms with van der Waals surface area (Å²) in [4.78, 5) is 3.08. The third kappa shape index (κ3) is 2.20. The lowest BCUT2D eigenvalue weighted by atomic mass is 10.2. The van der Waals surface area contributed by atoms with E-state index in [9.17, 15) is 0 Å². The number of halogens is 1. The molecule has 2 aromatic rings. The number of hydrogen-bond acceptors (Lipinski definition) is 1. The molecule has 0 aliphatic heterocycles. The third-order valence-corrected chi connectivity index (χ3v) is 3.05. The zero-order chi connectivity index (χ0) is 11.5. The highest BCUT2D eigenvalue weighted by Gasteiger charge is 2.05. The summed E-state index contributed by atoms with van der Waals surface area (Å²) >= 11 is 11.1. The molecule has 0 fully saturated rings. The highest BCUT2D eigenvalue weighted by Crippen LogP contribution is 2.22. The van der Waals surface area contributed by atoms with Gasteiger partial charge < -0.3 is 9.55 Å². The number of nitrogens with zero attached hydrogens (tertiary/aromatic N) is 1. The lowest BCUT2D eigenvalue weighted by Gasteiger charge is -2.06. The van der Waals surface area contributed by atoms with Gasteiger partial charge in [0.15, 0.2) is 4.77 Å². The van der Waals surface area contributed by atoms with E-state index in [-0.39, 0.29) is 0 Å². The molecule has 0 aliphatic carbocycles. The molecule has 0 saturated carbocycles. The Morgan fingerprint density at radius 3 is 2.62 bits per heavy atom. The quantitative estimate of drug-likeness (QED) is 0.809. The fraction of sp³-hybridized carbons (Fsp3) is 0.250. The molecule has 0 bridgehead atoms. The lowest BCUT2D eigenvalue weighted by Crippen LogP contribution is -1.98. The van der Waals surface area contributed by atoms with E-state index in [0.29, 0.717) is 0 Å². The van der Waals surface area contributed by atoms with Gasteiger partial charge in [0.25, 0.3) is 0 Å². The first-order valence-electron chi connectivity index (χ1n) is 5.26. The molecule has 1 aromatic heterocycles. The van der Waals surface area contributed by atoms with Crippen LogP contribution < -0.4 is 0 Å². The highest BCUT2D eigenvalue weighted by atomic mass is 35.5. The van der Waals surface area contributed by atoms with Crippen molar-refractivity contribution in [2.24, 2.45) is 0 Å². The van der Waals surface area contributed by atoms with Crippen LogP contribution in [-0.2, 0) is 6.54 Å². The number of nitrogens with one attached hydrogen (secondary N) is 1. The van der Waals surface area contributed by atoms with Crippen molar-refractivity contribution >= 4 is 23.8 Å². The van der Waals surface area contributed by atoms with Crippen LogP contribution in [0.5, 0.6) is 0 Å². The Hall–Kier alpha value is -1.06. The molecular weight excluding hydrogens is 240 g/mol. The van der Waals surface area contributed by atoms with Gasteiger partial charge >= 0.3 is 0 Å². The van der Waals surface area contributed by atoms with Crippen LogP contribution in [0.3, 0.4) is 0 Å². The van der Waals surface area contributed by atoms with Gasteiger partial charge in [-0.05, 0) is 36.3 Å². The van der Waals surface area contributed by atoms with Crippen molar-refractivity contribution < 1.29 is 0 Å². The summed E-state index contributed by atoms with van der Waals surface area (Å²) in [5.41, 5.74) is 2.24. The molecule has 2 rings (SSSR count). The Morgan fingerprint density at radius 1 is 1.31 bits per heavy atom. The van der Waals surface area contributed by atoms with E-state index in [1.54, 1.807) is 0 Å². The van der Waals surface area contributed by atoms with Crippen LogP contribution in [0.4, 0.5) is 0 Å². The first-order chi connectivity index (χ1) is 7.72. The minimum Gasteiger partial charge on any atom is -0.337 e. The smallest absolute Gasteiger partial charge is 0.177 e. The second kappa shape index (κ2) is 4.85. The summed E-state index contributed by atoms with van der Waals surface area (Å²) < 4.78 is 2.88. The van der Waals surface area contributed by atoms with Crippen LogP contribution in [0.1, 0.15) is 13.3 Å². The molecule has 84 valence electrons. The molecule has 1 heterocycles. The van der Waals surface area contributed by atoms with E-state index in [1.807, 2.05) is 30.5 Å². The molecule has 1 N–H and O–H groups in total. The van der Waals surface area contributed by atoms with Gasteiger partial charge in [-0.1, -0.05) is 30.7 Å². The van der Waals surface area contributed by atoms with Crippen LogP contribution in [0.15, 0.2) is 30.5 Å². The fourth-order valence-corrected chi connectivity index (χ4v) is 2.08. The molecule has 4 heteroatoms. The molecule has 1 aromatic carbocycles. The van der Waals surface area contributed by atoms with E-state index in [4.69, 9.17) is 23.8 Å². The Labute approximate surface area is 105 Å². The van der Waals surface area contributed by atoms with E-state index in [0.717, 1.165) is 34.0 Å². The van der Waals surface area contributed by atoms with Gasteiger partial charge in [-0.3, -0.25) is 0 Å². The van der Waals surface area contributed by atoms with E-state index < -0.39 is 0 Å². The van der Waals surface area contributed by atoms with Crippen molar-refractivity contribution in [2.75, 3.05) is 0 Å². The Kier molecular flexibility index (Phi) is 3.46. The maximum Gasteiger partial charge on any atom is 0.177 e. The predicted molar refractivity (Wildman–Crippen MR) is 70.4 cm³/mol. The van der Waals surface area contributed by atoms with Crippen LogP contribution >= 0.6 is 23.8 Å². The Bertz CT molecular complexity index is 525. The molecular formula is C12H13ClN2S. The summed E-state index contributed by atoms with van der Waals surface area (Å²) in [5.74, 6) is 0. The minimum atomic E-state index is 0.750. The van der Waals surface area contributed by atoms with Crippen LogP contribution in [-0.4, -0.2) is 9.55 Å². The number of imidazole rings is 1. The molecule has 0 atom stereocenters. The Balaban J connectivity index is 2.47. The summed E-state index contributed by atoms with van der Waals surface area (Å²) in [6.07, 6.45) is 3.01. The van der Waals surface area contributed by atoms with E-state index in [2.05, 4.69) is 16.5 Å². The second-order valence-corrected chi connectivity index (χ2v) is 4.46. The number of aromatic nitrogens is 2. The van der Waals surface area contributed by atoms with E-state index >= 15 is 0 Å². The van der Waals surface area contributed by atoms with Crippen molar-refractivity contribution in [3.63, 3.8) is 0 Å². The molecule has 0 spiro atoms. The van der Waals surface area contributed by atoms with Gasteiger partial charge in [0.1, 0.15) is 0 Å². The topological polar surface area (TPSA) is 20.7 Å². The zero-order valence-electron chi connectivity index (χ0n) is 9.03. The summed E-state index contributed by atoms with van der Waals surface area (Å²) in [6, 6.07) is 7.80. The average molecular weight is 253 g/mol. The molecule has 16 heavy (non-hydrogen) atoms. The Morgan fingerprint density at radius 2 is 2.00 bits per heavy atom.